The van der Waals surface area contributed by atoms with E-state index in [1.54, 1.807) is 4.67 Å². The Morgan fingerprint density at radius 3 is 2.24 bits per heavy atom. The summed E-state index contributed by atoms with van der Waals surface area (Å²) < 4.78 is 12.8. The quantitative estimate of drug-likeness (QED) is 0.421. The molecule has 0 atom stereocenters. The van der Waals surface area contributed by atoms with E-state index < -0.39 is 8.53 Å². The molecule has 0 N–H and O–H groups in total. The first-order valence-electron chi connectivity index (χ1n) is 5.65. The van der Waals surface area contributed by atoms with Gasteiger partial charge in [0.05, 0.1) is 19.8 Å². The van der Waals surface area contributed by atoms with Crippen LogP contribution in [0, 0.1) is 12.5 Å². The Bertz CT molecular complexity index is 344. The summed E-state index contributed by atoms with van der Waals surface area (Å²) in [4.78, 5) is 0. The van der Waals surface area contributed by atoms with E-state index in [0.29, 0.717) is 19.8 Å². The highest BCUT2D eigenvalue weighted by Crippen LogP contribution is 2.42. The van der Waals surface area contributed by atoms with Crippen molar-refractivity contribution < 1.29 is 9.05 Å². The summed E-state index contributed by atoms with van der Waals surface area (Å²) in [7, 11) is -1.15. The van der Waals surface area contributed by atoms with Crippen LogP contribution in [0.4, 0.5) is 0 Å². The SMILES string of the molecule is C#CN(Cc1ccccc1)P(OCC)OCC. The highest BCUT2D eigenvalue weighted by molar-refractivity contribution is 7.44. The number of hydrogen-bond acceptors (Lipinski definition) is 3. The van der Waals surface area contributed by atoms with Gasteiger partial charge in [-0.1, -0.05) is 36.8 Å². The third-order valence-electron chi connectivity index (χ3n) is 2.00. The van der Waals surface area contributed by atoms with Gasteiger partial charge in [0.25, 0.3) is 8.53 Å². The lowest BCUT2D eigenvalue weighted by atomic mass is 10.2. The molecule has 0 fully saturated rings. The van der Waals surface area contributed by atoms with Crippen LogP contribution in [-0.4, -0.2) is 17.9 Å². The van der Waals surface area contributed by atoms with Crippen LogP contribution in [0.1, 0.15) is 19.4 Å². The van der Waals surface area contributed by atoms with E-state index in [1.807, 2.05) is 44.2 Å². The Labute approximate surface area is 105 Å². The van der Waals surface area contributed by atoms with Gasteiger partial charge >= 0.3 is 0 Å². The molecule has 1 rings (SSSR count). The molecule has 0 aliphatic heterocycles. The molecule has 0 aromatic heterocycles. The molecule has 17 heavy (non-hydrogen) atoms. The summed E-state index contributed by atoms with van der Waals surface area (Å²) in [6, 6.07) is 12.7. The summed E-state index contributed by atoms with van der Waals surface area (Å²) in [5.41, 5.74) is 1.15. The maximum atomic E-state index is 5.53. The maximum Gasteiger partial charge on any atom is 0.297 e. The van der Waals surface area contributed by atoms with Gasteiger partial charge in [-0.3, -0.25) is 4.67 Å². The number of terminal acetylenes is 1. The summed E-state index contributed by atoms with van der Waals surface area (Å²) in [6.07, 6.45) is 5.51. The van der Waals surface area contributed by atoms with Crippen LogP contribution < -0.4 is 0 Å². The molecule has 0 unspecified atom stereocenters. The van der Waals surface area contributed by atoms with Crippen LogP contribution in [0.3, 0.4) is 0 Å². The van der Waals surface area contributed by atoms with Crippen LogP contribution in [0.25, 0.3) is 0 Å². The first-order valence-corrected chi connectivity index (χ1v) is 6.78. The molecular formula is C13H18NO2P. The fraction of sp³-hybridized carbons (Fsp3) is 0.385. The molecule has 1 aromatic carbocycles. The molecule has 3 nitrogen and oxygen atoms in total. The van der Waals surface area contributed by atoms with Crippen LogP contribution in [0.5, 0.6) is 0 Å². The zero-order chi connectivity index (χ0) is 12.5. The van der Waals surface area contributed by atoms with Crippen molar-refractivity contribution in [3.8, 4) is 12.5 Å². The molecule has 0 saturated heterocycles. The van der Waals surface area contributed by atoms with Crippen molar-refractivity contribution in [2.45, 2.75) is 20.4 Å². The summed E-state index contributed by atoms with van der Waals surface area (Å²) in [5.74, 6) is 0. The van der Waals surface area contributed by atoms with Gasteiger partial charge < -0.3 is 9.05 Å². The van der Waals surface area contributed by atoms with E-state index >= 15 is 0 Å². The molecular weight excluding hydrogens is 233 g/mol. The van der Waals surface area contributed by atoms with Crippen molar-refractivity contribution in [1.29, 1.82) is 0 Å². The van der Waals surface area contributed by atoms with Crippen LogP contribution in [-0.2, 0) is 15.6 Å². The second kappa shape index (κ2) is 8.08. The number of benzene rings is 1. The second-order valence-electron chi connectivity index (χ2n) is 3.25. The highest BCUT2D eigenvalue weighted by Gasteiger charge is 2.18. The molecule has 1 aromatic rings. The van der Waals surface area contributed by atoms with E-state index in [0.717, 1.165) is 5.56 Å². The molecule has 0 amide bonds. The topological polar surface area (TPSA) is 21.7 Å². The molecule has 0 aliphatic rings. The van der Waals surface area contributed by atoms with Gasteiger partial charge in [0.2, 0.25) is 0 Å². The van der Waals surface area contributed by atoms with Gasteiger partial charge in [-0.25, -0.2) is 0 Å². The fourth-order valence-corrected chi connectivity index (χ4v) is 2.47. The molecule has 0 aliphatic carbocycles. The normalized spacial score (nSPS) is 10.2. The minimum atomic E-state index is -1.15. The van der Waals surface area contributed by atoms with Crippen molar-refractivity contribution >= 4 is 8.53 Å². The number of hydrogen-bond donors (Lipinski definition) is 0. The van der Waals surface area contributed by atoms with E-state index in [1.165, 1.54) is 0 Å². The lowest BCUT2D eigenvalue weighted by molar-refractivity contribution is 0.236. The molecule has 0 heterocycles. The molecule has 0 bridgehead atoms. The maximum absolute atomic E-state index is 5.53. The third kappa shape index (κ3) is 4.75. The van der Waals surface area contributed by atoms with Crippen molar-refractivity contribution in [1.82, 2.24) is 4.67 Å². The van der Waals surface area contributed by atoms with E-state index in [2.05, 4.69) is 6.04 Å². The Kier molecular flexibility index (Phi) is 6.65. The Morgan fingerprint density at radius 2 is 1.76 bits per heavy atom. The van der Waals surface area contributed by atoms with E-state index in [4.69, 9.17) is 15.5 Å². The van der Waals surface area contributed by atoms with Crippen LogP contribution in [0.2, 0.25) is 0 Å². The summed E-state index contributed by atoms with van der Waals surface area (Å²) in [5, 5.41) is 0. The van der Waals surface area contributed by atoms with Gasteiger partial charge in [-0.2, -0.15) is 0 Å². The minimum Gasteiger partial charge on any atom is -0.317 e. The Hall–Kier alpha value is -1.07. The first-order chi connectivity index (χ1) is 8.31. The standard InChI is InChI=1S/C13H18NO2P/c1-4-14(17(15-5-2)16-6-3)12-13-10-8-7-9-11-13/h1,7-11H,5-6,12H2,2-3H3. The molecule has 92 valence electrons. The first kappa shape index (κ1) is 14.0. The largest absolute Gasteiger partial charge is 0.317 e. The third-order valence-corrected chi connectivity index (χ3v) is 3.61. The number of nitrogens with zero attached hydrogens (tertiary/aromatic N) is 1. The van der Waals surface area contributed by atoms with E-state index in [9.17, 15) is 0 Å². The van der Waals surface area contributed by atoms with Gasteiger partial charge in [0, 0.05) is 6.04 Å². The highest BCUT2D eigenvalue weighted by atomic mass is 31.2. The fourth-order valence-electron chi connectivity index (χ4n) is 1.30. The second-order valence-corrected chi connectivity index (χ2v) is 4.72. The lowest BCUT2D eigenvalue weighted by Crippen LogP contribution is -2.14. The summed E-state index contributed by atoms with van der Waals surface area (Å²) in [6.45, 7) is 5.71. The molecule has 0 spiro atoms. The molecule has 0 saturated carbocycles. The molecule has 0 radical (unpaired) electrons. The Balaban J connectivity index is 2.66. The van der Waals surface area contributed by atoms with Crippen molar-refractivity contribution in [3.63, 3.8) is 0 Å². The summed E-state index contributed by atoms with van der Waals surface area (Å²) >= 11 is 0. The zero-order valence-corrected chi connectivity index (χ0v) is 11.2. The van der Waals surface area contributed by atoms with Crippen LogP contribution in [0.15, 0.2) is 30.3 Å². The van der Waals surface area contributed by atoms with Gasteiger partial charge in [0.15, 0.2) is 0 Å². The van der Waals surface area contributed by atoms with Gasteiger partial charge in [0.1, 0.15) is 0 Å². The Morgan fingerprint density at radius 1 is 1.18 bits per heavy atom. The predicted octanol–water partition coefficient (Wildman–Crippen LogP) is 3.38. The van der Waals surface area contributed by atoms with Crippen LogP contribution >= 0.6 is 8.53 Å². The average molecular weight is 251 g/mol. The van der Waals surface area contributed by atoms with Gasteiger partial charge in [-0.05, 0) is 19.4 Å². The average Bonchev–Trinajstić information content (AvgIpc) is 2.37. The van der Waals surface area contributed by atoms with E-state index in [-0.39, 0.29) is 0 Å². The molecule has 4 heteroatoms. The van der Waals surface area contributed by atoms with Crippen molar-refractivity contribution in [2.75, 3.05) is 13.2 Å². The van der Waals surface area contributed by atoms with Gasteiger partial charge in [-0.15, -0.1) is 0 Å². The van der Waals surface area contributed by atoms with Crippen molar-refractivity contribution in [3.05, 3.63) is 35.9 Å². The number of rotatable bonds is 7. The van der Waals surface area contributed by atoms with Crippen molar-refractivity contribution in [2.24, 2.45) is 0 Å². The minimum absolute atomic E-state index is 0.596. The monoisotopic (exact) mass is 251 g/mol. The lowest BCUT2D eigenvalue weighted by Gasteiger charge is -2.25. The smallest absolute Gasteiger partial charge is 0.297 e. The predicted molar refractivity (Wildman–Crippen MR) is 71.0 cm³/mol. The zero-order valence-electron chi connectivity index (χ0n) is 10.3.